The summed E-state index contributed by atoms with van der Waals surface area (Å²) in [6, 6.07) is 3.51. The Balaban J connectivity index is 2.42. The Bertz CT molecular complexity index is 485. The Morgan fingerprint density at radius 2 is 2.06 bits per heavy atom. The number of carbonyl (C=O) groups excluding carboxylic acids is 2. The average Bonchev–Trinajstić information content (AvgIpc) is 2.80. The first-order chi connectivity index (χ1) is 8.63. The maximum absolute atomic E-state index is 11.7. The summed E-state index contributed by atoms with van der Waals surface area (Å²) < 4.78 is 0. The maximum atomic E-state index is 11.7. The summed E-state index contributed by atoms with van der Waals surface area (Å²) in [5.74, 6) is 5.33. The molecule has 0 fully saturated rings. The number of amides is 2. The van der Waals surface area contributed by atoms with Gasteiger partial charge in [-0.25, -0.2) is 0 Å². The molecule has 1 aromatic rings. The van der Waals surface area contributed by atoms with Gasteiger partial charge in [0.15, 0.2) is 0 Å². The second-order valence-corrected chi connectivity index (χ2v) is 4.49. The highest BCUT2D eigenvalue weighted by Gasteiger charge is 2.07. The van der Waals surface area contributed by atoms with Crippen LogP contribution in [-0.2, 0) is 4.79 Å². The van der Waals surface area contributed by atoms with Gasteiger partial charge in [-0.3, -0.25) is 9.59 Å². The second kappa shape index (κ2) is 7.48. The molecule has 0 saturated heterocycles. The lowest BCUT2D eigenvalue weighted by Gasteiger charge is -2.03. The van der Waals surface area contributed by atoms with Gasteiger partial charge >= 0.3 is 0 Å². The smallest absolute Gasteiger partial charge is 0.261 e. The number of hydrogen-bond donors (Lipinski definition) is 3. The van der Waals surface area contributed by atoms with Gasteiger partial charge < -0.3 is 16.4 Å². The SMILES string of the molecule is CC(=O)NCCNC(=O)c1ccc(C#CCN)s1. The number of nitrogens with two attached hydrogens (primary N) is 1. The molecule has 2 amide bonds. The molecule has 0 aromatic carbocycles. The summed E-state index contributed by atoms with van der Waals surface area (Å²) in [5, 5.41) is 5.31. The van der Waals surface area contributed by atoms with Gasteiger partial charge in [-0.2, -0.15) is 0 Å². The van der Waals surface area contributed by atoms with E-state index < -0.39 is 0 Å². The van der Waals surface area contributed by atoms with Gasteiger partial charge in [0.05, 0.1) is 16.3 Å². The maximum Gasteiger partial charge on any atom is 0.261 e. The van der Waals surface area contributed by atoms with E-state index in [0.717, 1.165) is 4.88 Å². The highest BCUT2D eigenvalue weighted by Crippen LogP contribution is 2.14. The van der Waals surface area contributed by atoms with E-state index in [1.54, 1.807) is 12.1 Å². The molecule has 1 aromatic heterocycles. The lowest BCUT2D eigenvalue weighted by atomic mass is 10.4. The van der Waals surface area contributed by atoms with E-state index in [1.165, 1.54) is 18.3 Å². The minimum atomic E-state index is -0.161. The van der Waals surface area contributed by atoms with Crippen LogP contribution in [0.2, 0.25) is 0 Å². The van der Waals surface area contributed by atoms with Gasteiger partial charge in [0.1, 0.15) is 0 Å². The highest BCUT2D eigenvalue weighted by molar-refractivity contribution is 7.14. The number of rotatable bonds is 4. The van der Waals surface area contributed by atoms with Crippen LogP contribution in [-0.4, -0.2) is 31.4 Å². The van der Waals surface area contributed by atoms with Crippen molar-refractivity contribution in [2.24, 2.45) is 5.73 Å². The average molecular weight is 265 g/mol. The Morgan fingerprint density at radius 1 is 1.33 bits per heavy atom. The van der Waals surface area contributed by atoms with Crippen LogP contribution in [0.1, 0.15) is 21.5 Å². The third-order valence-corrected chi connectivity index (χ3v) is 2.93. The van der Waals surface area contributed by atoms with E-state index >= 15 is 0 Å². The largest absolute Gasteiger partial charge is 0.355 e. The fraction of sp³-hybridized carbons (Fsp3) is 0.333. The standard InChI is InChI=1S/C12H15N3O2S/c1-9(16)14-7-8-15-12(17)11-5-4-10(18-11)3-2-6-13/h4-5H,6-8,13H2,1H3,(H,14,16)(H,15,17). The molecule has 1 rings (SSSR count). The van der Waals surface area contributed by atoms with Crippen molar-refractivity contribution in [1.29, 1.82) is 0 Å². The normalized spacial score (nSPS) is 9.22. The quantitative estimate of drug-likeness (QED) is 0.526. The number of hydrogen-bond acceptors (Lipinski definition) is 4. The topological polar surface area (TPSA) is 84.2 Å². The molecule has 6 heteroatoms. The molecule has 0 atom stereocenters. The molecule has 0 aliphatic carbocycles. The fourth-order valence-electron chi connectivity index (χ4n) is 1.17. The molecule has 0 unspecified atom stereocenters. The predicted octanol–water partition coefficient (Wildman–Crippen LogP) is -0.0758. The summed E-state index contributed by atoms with van der Waals surface area (Å²) in [7, 11) is 0. The molecule has 1 heterocycles. The molecule has 0 radical (unpaired) electrons. The van der Waals surface area contributed by atoms with Gasteiger partial charge in [0, 0.05) is 20.0 Å². The summed E-state index contributed by atoms with van der Waals surface area (Å²) >= 11 is 1.32. The summed E-state index contributed by atoms with van der Waals surface area (Å²) in [6.45, 7) is 2.56. The van der Waals surface area contributed by atoms with Crippen molar-refractivity contribution >= 4 is 23.2 Å². The molecule has 0 aliphatic rings. The van der Waals surface area contributed by atoms with Gasteiger partial charge in [-0.1, -0.05) is 11.8 Å². The van der Waals surface area contributed by atoms with Crippen LogP contribution < -0.4 is 16.4 Å². The minimum Gasteiger partial charge on any atom is -0.355 e. The van der Waals surface area contributed by atoms with E-state index in [9.17, 15) is 9.59 Å². The van der Waals surface area contributed by atoms with Crippen LogP contribution in [0.15, 0.2) is 12.1 Å². The highest BCUT2D eigenvalue weighted by atomic mass is 32.1. The third kappa shape index (κ3) is 4.99. The van der Waals surface area contributed by atoms with Gasteiger partial charge in [-0.15, -0.1) is 11.3 Å². The fourth-order valence-corrected chi connectivity index (χ4v) is 1.96. The first-order valence-electron chi connectivity index (χ1n) is 5.45. The molecule has 0 aliphatic heterocycles. The van der Waals surface area contributed by atoms with Crippen molar-refractivity contribution in [2.75, 3.05) is 19.6 Å². The lowest BCUT2D eigenvalue weighted by Crippen LogP contribution is -2.33. The zero-order chi connectivity index (χ0) is 13.4. The molecular weight excluding hydrogens is 250 g/mol. The summed E-state index contributed by atoms with van der Waals surface area (Å²) in [5.41, 5.74) is 5.27. The van der Waals surface area contributed by atoms with Crippen LogP contribution >= 0.6 is 11.3 Å². The summed E-state index contributed by atoms with van der Waals surface area (Å²) in [6.07, 6.45) is 0. The van der Waals surface area contributed by atoms with E-state index in [1.807, 2.05) is 0 Å². The minimum absolute atomic E-state index is 0.111. The van der Waals surface area contributed by atoms with Crippen LogP contribution in [0.4, 0.5) is 0 Å². The Hall–Kier alpha value is -1.84. The lowest BCUT2D eigenvalue weighted by molar-refractivity contribution is -0.118. The van der Waals surface area contributed by atoms with E-state index in [0.29, 0.717) is 24.5 Å². The number of nitrogens with one attached hydrogen (secondary N) is 2. The van der Waals surface area contributed by atoms with Crippen molar-refractivity contribution in [2.45, 2.75) is 6.92 Å². The van der Waals surface area contributed by atoms with Crippen molar-refractivity contribution in [3.8, 4) is 11.8 Å². The van der Waals surface area contributed by atoms with Crippen LogP contribution in [0.25, 0.3) is 0 Å². The Kier molecular flexibility index (Phi) is 5.91. The number of carbonyl (C=O) groups is 2. The Labute approximate surface area is 110 Å². The van der Waals surface area contributed by atoms with Gasteiger partial charge in [0.2, 0.25) is 5.91 Å². The van der Waals surface area contributed by atoms with Crippen molar-refractivity contribution < 1.29 is 9.59 Å². The monoisotopic (exact) mass is 265 g/mol. The first-order valence-corrected chi connectivity index (χ1v) is 6.26. The zero-order valence-corrected chi connectivity index (χ0v) is 10.9. The molecule has 0 spiro atoms. The van der Waals surface area contributed by atoms with Crippen LogP contribution in [0.5, 0.6) is 0 Å². The molecule has 0 saturated carbocycles. The van der Waals surface area contributed by atoms with Crippen molar-refractivity contribution in [1.82, 2.24) is 10.6 Å². The third-order valence-electron chi connectivity index (χ3n) is 1.93. The molecule has 96 valence electrons. The van der Waals surface area contributed by atoms with E-state index in [2.05, 4.69) is 22.5 Å². The van der Waals surface area contributed by atoms with Crippen LogP contribution in [0.3, 0.4) is 0 Å². The molecule has 4 N–H and O–H groups in total. The van der Waals surface area contributed by atoms with E-state index in [-0.39, 0.29) is 11.8 Å². The Morgan fingerprint density at radius 3 is 2.72 bits per heavy atom. The second-order valence-electron chi connectivity index (χ2n) is 3.41. The van der Waals surface area contributed by atoms with Crippen molar-refractivity contribution in [3.63, 3.8) is 0 Å². The van der Waals surface area contributed by atoms with Gasteiger partial charge in [-0.05, 0) is 12.1 Å². The number of thiophene rings is 1. The van der Waals surface area contributed by atoms with Crippen molar-refractivity contribution in [3.05, 3.63) is 21.9 Å². The van der Waals surface area contributed by atoms with Crippen LogP contribution in [0, 0.1) is 11.8 Å². The molecule has 5 nitrogen and oxygen atoms in total. The zero-order valence-electron chi connectivity index (χ0n) is 10.1. The van der Waals surface area contributed by atoms with E-state index in [4.69, 9.17) is 5.73 Å². The predicted molar refractivity (Wildman–Crippen MR) is 71.3 cm³/mol. The summed E-state index contributed by atoms with van der Waals surface area (Å²) in [4.78, 5) is 23.7. The molecule has 0 bridgehead atoms. The molecule has 18 heavy (non-hydrogen) atoms. The molecular formula is C12H15N3O2S. The first kappa shape index (κ1) is 14.2. The van der Waals surface area contributed by atoms with Gasteiger partial charge in [0.25, 0.3) is 5.91 Å².